The smallest absolute Gasteiger partial charge is 0.0629 e. The molecule has 2 heteroatoms. The number of rotatable bonds is 3. The second-order valence-electron chi connectivity index (χ2n) is 3.26. The van der Waals surface area contributed by atoms with E-state index in [0.29, 0.717) is 0 Å². The van der Waals surface area contributed by atoms with Gasteiger partial charge in [0.05, 0.1) is 5.69 Å². The lowest BCUT2D eigenvalue weighted by atomic mass is 10.2. The molecule has 0 N–H and O–H groups in total. The first-order valence-electron chi connectivity index (χ1n) is 5.11. The van der Waals surface area contributed by atoms with Crippen molar-refractivity contribution < 1.29 is 0 Å². The van der Waals surface area contributed by atoms with Crippen molar-refractivity contribution in [3.05, 3.63) is 72.3 Å². The predicted octanol–water partition coefficient (Wildman–Crippen LogP) is 3.20. The van der Waals surface area contributed by atoms with Crippen LogP contribution in [0.2, 0.25) is 0 Å². The van der Waals surface area contributed by atoms with E-state index in [1.165, 1.54) is 0 Å². The summed E-state index contributed by atoms with van der Waals surface area (Å²) >= 11 is 0. The molecule has 2 heterocycles. The largest absolute Gasteiger partial charge is 0.264 e. The van der Waals surface area contributed by atoms with Crippen LogP contribution in [0.4, 0.5) is 0 Å². The molecule has 78 valence electrons. The molecule has 0 aromatic carbocycles. The minimum Gasteiger partial charge on any atom is -0.264 e. The molecule has 0 fully saturated rings. The van der Waals surface area contributed by atoms with Crippen molar-refractivity contribution >= 4 is 12.2 Å². The van der Waals surface area contributed by atoms with E-state index in [-0.39, 0.29) is 0 Å². The zero-order valence-corrected chi connectivity index (χ0v) is 8.82. The second-order valence-corrected chi connectivity index (χ2v) is 3.26. The molecule has 0 amide bonds. The first-order chi connectivity index (χ1) is 7.95. The maximum atomic E-state index is 4.19. The molecule has 0 aliphatic carbocycles. The van der Waals surface area contributed by atoms with Crippen LogP contribution >= 0.6 is 0 Å². The third-order valence-corrected chi connectivity index (χ3v) is 2.04. The summed E-state index contributed by atoms with van der Waals surface area (Å²) in [7, 11) is 0. The van der Waals surface area contributed by atoms with Crippen molar-refractivity contribution in [3.8, 4) is 0 Å². The molecular formula is C14H12N2. The van der Waals surface area contributed by atoms with E-state index >= 15 is 0 Å². The predicted molar refractivity (Wildman–Crippen MR) is 66.5 cm³/mol. The van der Waals surface area contributed by atoms with Crippen LogP contribution < -0.4 is 0 Å². The van der Waals surface area contributed by atoms with Crippen molar-refractivity contribution in [1.82, 2.24) is 9.97 Å². The fourth-order valence-corrected chi connectivity index (χ4v) is 1.27. The van der Waals surface area contributed by atoms with Crippen molar-refractivity contribution in [2.45, 2.75) is 0 Å². The zero-order valence-electron chi connectivity index (χ0n) is 8.82. The summed E-state index contributed by atoms with van der Waals surface area (Å²) in [6.45, 7) is 0. The molecule has 0 saturated carbocycles. The highest BCUT2D eigenvalue weighted by molar-refractivity contribution is 5.54. The van der Waals surface area contributed by atoms with Gasteiger partial charge in [-0.05, 0) is 29.8 Å². The van der Waals surface area contributed by atoms with Gasteiger partial charge in [-0.2, -0.15) is 0 Å². The Bertz CT molecular complexity index is 425. The molecule has 2 nitrogen and oxygen atoms in total. The number of hydrogen-bond acceptors (Lipinski definition) is 2. The van der Waals surface area contributed by atoms with E-state index in [1.807, 2.05) is 60.8 Å². The molecule has 2 aromatic heterocycles. The van der Waals surface area contributed by atoms with Gasteiger partial charge in [0.15, 0.2) is 0 Å². The summed E-state index contributed by atoms with van der Waals surface area (Å²) in [4.78, 5) is 8.22. The quantitative estimate of drug-likeness (QED) is 0.724. The minimum absolute atomic E-state index is 0.957. The Labute approximate surface area is 95.0 Å². The number of aromatic nitrogens is 2. The molecular weight excluding hydrogens is 196 g/mol. The highest BCUT2D eigenvalue weighted by Gasteiger charge is 1.83. The molecule has 0 spiro atoms. The summed E-state index contributed by atoms with van der Waals surface area (Å²) in [6, 6.07) is 9.77. The lowest BCUT2D eigenvalue weighted by Gasteiger charge is -1.89. The SMILES string of the molecule is C(/C=C/c1ccccn1)=C\c1cccnc1. The number of allylic oxidation sites excluding steroid dienone is 2. The lowest BCUT2D eigenvalue weighted by Crippen LogP contribution is -1.75. The van der Waals surface area contributed by atoms with E-state index < -0.39 is 0 Å². The number of hydrogen-bond donors (Lipinski definition) is 0. The fraction of sp³-hybridized carbons (Fsp3) is 0. The Balaban J connectivity index is 1.98. The fourth-order valence-electron chi connectivity index (χ4n) is 1.27. The van der Waals surface area contributed by atoms with Gasteiger partial charge in [-0.1, -0.05) is 30.4 Å². The van der Waals surface area contributed by atoms with Crippen LogP contribution in [-0.2, 0) is 0 Å². The molecule has 0 aliphatic heterocycles. The summed E-state index contributed by atoms with van der Waals surface area (Å²) in [6.07, 6.45) is 13.3. The molecule has 0 atom stereocenters. The van der Waals surface area contributed by atoms with Crippen LogP contribution in [0.15, 0.2) is 61.1 Å². The molecule has 0 bridgehead atoms. The molecule has 2 aromatic rings. The van der Waals surface area contributed by atoms with Gasteiger partial charge >= 0.3 is 0 Å². The van der Waals surface area contributed by atoms with Crippen LogP contribution in [0, 0.1) is 0 Å². The highest BCUT2D eigenvalue weighted by atomic mass is 14.6. The van der Waals surface area contributed by atoms with Crippen molar-refractivity contribution in [2.75, 3.05) is 0 Å². The Morgan fingerprint density at radius 2 is 1.81 bits per heavy atom. The van der Waals surface area contributed by atoms with E-state index in [9.17, 15) is 0 Å². The maximum absolute atomic E-state index is 4.19. The van der Waals surface area contributed by atoms with Crippen molar-refractivity contribution in [3.63, 3.8) is 0 Å². The van der Waals surface area contributed by atoms with Crippen molar-refractivity contribution in [1.29, 1.82) is 0 Å². The third kappa shape index (κ3) is 3.17. The number of nitrogens with zero attached hydrogens (tertiary/aromatic N) is 2. The summed E-state index contributed by atoms with van der Waals surface area (Å²) < 4.78 is 0. The molecule has 16 heavy (non-hydrogen) atoms. The van der Waals surface area contributed by atoms with Crippen LogP contribution in [0.25, 0.3) is 12.2 Å². The normalized spacial score (nSPS) is 11.2. The topological polar surface area (TPSA) is 25.8 Å². The maximum Gasteiger partial charge on any atom is 0.0629 e. The third-order valence-electron chi connectivity index (χ3n) is 2.04. The number of pyridine rings is 2. The van der Waals surface area contributed by atoms with Crippen molar-refractivity contribution in [2.24, 2.45) is 0 Å². The van der Waals surface area contributed by atoms with Crippen LogP contribution in [-0.4, -0.2) is 9.97 Å². The Morgan fingerprint density at radius 1 is 0.875 bits per heavy atom. The van der Waals surface area contributed by atoms with Crippen LogP contribution in [0.1, 0.15) is 11.3 Å². The van der Waals surface area contributed by atoms with Crippen LogP contribution in [0.5, 0.6) is 0 Å². The van der Waals surface area contributed by atoms with Gasteiger partial charge in [-0.3, -0.25) is 9.97 Å². The van der Waals surface area contributed by atoms with E-state index in [1.54, 1.807) is 12.4 Å². The van der Waals surface area contributed by atoms with E-state index in [2.05, 4.69) is 9.97 Å². The summed E-state index contributed by atoms with van der Waals surface area (Å²) in [5.74, 6) is 0. The Hall–Kier alpha value is -2.22. The average Bonchev–Trinajstić information content (AvgIpc) is 2.37. The lowest BCUT2D eigenvalue weighted by molar-refractivity contribution is 1.30. The standard InChI is InChI=1S/C14H12N2/c1(6-13-7-5-10-15-12-13)2-8-14-9-3-4-11-16-14/h1-12H/b6-1+,8-2+. The van der Waals surface area contributed by atoms with Gasteiger partial charge in [0.25, 0.3) is 0 Å². The van der Waals surface area contributed by atoms with Gasteiger partial charge < -0.3 is 0 Å². The molecule has 0 unspecified atom stereocenters. The summed E-state index contributed by atoms with van der Waals surface area (Å²) in [5.41, 5.74) is 2.05. The molecule has 0 saturated heterocycles. The second kappa shape index (κ2) is 5.61. The molecule has 0 radical (unpaired) electrons. The van der Waals surface area contributed by atoms with E-state index in [4.69, 9.17) is 0 Å². The van der Waals surface area contributed by atoms with Gasteiger partial charge in [0, 0.05) is 18.6 Å². The summed E-state index contributed by atoms with van der Waals surface area (Å²) in [5, 5.41) is 0. The first kappa shape index (κ1) is 10.3. The molecule has 0 aliphatic rings. The zero-order chi connectivity index (χ0) is 11.1. The Kier molecular flexibility index (Phi) is 3.61. The van der Waals surface area contributed by atoms with Crippen LogP contribution in [0.3, 0.4) is 0 Å². The van der Waals surface area contributed by atoms with Gasteiger partial charge in [-0.15, -0.1) is 0 Å². The highest BCUT2D eigenvalue weighted by Crippen LogP contribution is 2.00. The first-order valence-corrected chi connectivity index (χ1v) is 5.11. The average molecular weight is 208 g/mol. The van der Waals surface area contributed by atoms with Gasteiger partial charge in [0.1, 0.15) is 0 Å². The monoisotopic (exact) mass is 208 g/mol. The Morgan fingerprint density at radius 3 is 2.56 bits per heavy atom. The van der Waals surface area contributed by atoms with Gasteiger partial charge in [0.2, 0.25) is 0 Å². The molecule has 2 rings (SSSR count). The van der Waals surface area contributed by atoms with Gasteiger partial charge in [-0.25, -0.2) is 0 Å². The van der Waals surface area contributed by atoms with E-state index in [0.717, 1.165) is 11.3 Å². The minimum atomic E-state index is 0.957.